The lowest BCUT2D eigenvalue weighted by atomic mass is 9.81. The summed E-state index contributed by atoms with van der Waals surface area (Å²) in [7, 11) is 0. The molecule has 3 aliphatic rings. The lowest BCUT2D eigenvalue weighted by molar-refractivity contribution is -0.123. The van der Waals surface area contributed by atoms with Crippen LogP contribution in [0.5, 0.6) is 0 Å². The monoisotopic (exact) mass is 570 g/mol. The minimum Gasteiger partial charge on any atom is -0.454 e. The van der Waals surface area contributed by atoms with Crippen molar-refractivity contribution >= 4 is 63.1 Å². The third-order valence-corrected chi connectivity index (χ3v) is 9.62. The molecule has 200 valence electrons. The number of carbonyl (C=O) groups is 4. The number of anilines is 1. The number of aromatic nitrogens is 1. The number of halogens is 1. The number of ether oxygens (including phenoxy) is 1. The van der Waals surface area contributed by atoms with Crippen molar-refractivity contribution in [3.05, 3.63) is 81.5 Å². The van der Waals surface area contributed by atoms with Crippen LogP contribution in [0, 0.1) is 23.7 Å². The molecule has 3 heterocycles. The number of pyridine rings is 1. The third-order valence-electron chi connectivity index (χ3n) is 8.47. The number of amides is 2. The van der Waals surface area contributed by atoms with Crippen LogP contribution in [0.4, 0.5) is 5.69 Å². The van der Waals surface area contributed by atoms with Crippen molar-refractivity contribution < 1.29 is 23.9 Å². The summed E-state index contributed by atoms with van der Waals surface area (Å²) in [4.78, 5) is 58.6. The first kappa shape index (κ1) is 25.1. The second-order valence-corrected chi connectivity index (χ2v) is 12.0. The van der Waals surface area contributed by atoms with Crippen LogP contribution >= 0.6 is 22.9 Å². The number of hydrogen-bond acceptors (Lipinski definition) is 7. The van der Waals surface area contributed by atoms with Crippen molar-refractivity contribution in [3.63, 3.8) is 0 Å². The predicted octanol–water partition coefficient (Wildman–Crippen LogP) is 6.19. The van der Waals surface area contributed by atoms with Gasteiger partial charge in [-0.05, 0) is 78.9 Å². The third kappa shape index (κ3) is 4.05. The highest BCUT2D eigenvalue weighted by molar-refractivity contribution is 7.12. The standard InChI is InChI=1S/C31H23ClN2O5S/c32-19-7-10-23-21(13-19)22(31(38)39-15-25(35)26-2-1-11-40-26)14-24(33-23)16-5-8-20(9-6-16)34-29(36)27-17-3-4-18(12-17)28(27)30(34)37/h1-2,5-11,13-14,17-18,27-28H,3-4,12,15H2. The Hall–Kier alpha value is -3.88. The number of fused-ring (bicyclic) bond motifs is 6. The van der Waals surface area contributed by atoms with Gasteiger partial charge in [0, 0.05) is 16.0 Å². The minimum absolute atomic E-state index is 0.0854. The number of benzene rings is 2. The van der Waals surface area contributed by atoms with Crippen molar-refractivity contribution in [2.75, 3.05) is 11.5 Å². The van der Waals surface area contributed by atoms with Crippen LogP contribution in [0.2, 0.25) is 5.02 Å². The Morgan fingerprint density at radius 1 is 0.975 bits per heavy atom. The van der Waals surface area contributed by atoms with Gasteiger partial charge < -0.3 is 4.74 Å². The number of hydrogen-bond donors (Lipinski definition) is 0. The molecule has 1 aliphatic heterocycles. The summed E-state index contributed by atoms with van der Waals surface area (Å²) in [5.74, 6) is -0.823. The highest BCUT2D eigenvalue weighted by Crippen LogP contribution is 2.56. The Balaban J connectivity index is 1.18. The van der Waals surface area contributed by atoms with E-state index < -0.39 is 5.97 Å². The Labute approximate surface area is 238 Å². The molecule has 2 bridgehead atoms. The molecular formula is C31H23ClN2O5S. The Morgan fingerprint density at radius 3 is 2.38 bits per heavy atom. The maximum Gasteiger partial charge on any atom is 0.339 e. The zero-order chi connectivity index (χ0) is 27.5. The number of thiophene rings is 1. The first-order valence-corrected chi connectivity index (χ1v) is 14.5. The summed E-state index contributed by atoms with van der Waals surface area (Å²) in [5.41, 5.74) is 2.52. The van der Waals surface area contributed by atoms with E-state index in [2.05, 4.69) is 0 Å². The number of imide groups is 1. The van der Waals surface area contributed by atoms with Crippen LogP contribution in [0.1, 0.15) is 39.3 Å². The Morgan fingerprint density at radius 2 is 1.70 bits per heavy atom. The fraction of sp³-hybridized carbons (Fsp3) is 0.258. The van der Waals surface area contributed by atoms with Gasteiger partial charge in [-0.3, -0.25) is 19.3 Å². The van der Waals surface area contributed by atoms with E-state index in [1.807, 2.05) is 0 Å². The molecule has 2 aliphatic carbocycles. The zero-order valence-electron chi connectivity index (χ0n) is 21.2. The highest BCUT2D eigenvalue weighted by atomic mass is 35.5. The van der Waals surface area contributed by atoms with Gasteiger partial charge in [-0.2, -0.15) is 0 Å². The molecule has 0 radical (unpaired) electrons. The van der Waals surface area contributed by atoms with Crippen LogP contribution in [-0.4, -0.2) is 35.2 Å². The minimum atomic E-state index is -0.660. The van der Waals surface area contributed by atoms with Gasteiger partial charge in [-0.15, -0.1) is 11.3 Å². The smallest absolute Gasteiger partial charge is 0.339 e. The molecule has 7 nitrogen and oxygen atoms in total. The molecule has 4 aromatic rings. The van der Waals surface area contributed by atoms with E-state index in [0.717, 1.165) is 19.3 Å². The average Bonchev–Trinajstić information content (AvgIpc) is 3.77. The van der Waals surface area contributed by atoms with Crippen LogP contribution < -0.4 is 4.90 Å². The van der Waals surface area contributed by atoms with Crippen LogP contribution in [0.25, 0.3) is 22.2 Å². The molecule has 2 amide bonds. The van der Waals surface area contributed by atoms with Crippen LogP contribution in [0.15, 0.2) is 66.0 Å². The zero-order valence-corrected chi connectivity index (χ0v) is 22.8. The summed E-state index contributed by atoms with van der Waals surface area (Å²) in [6, 6.07) is 17.2. The van der Waals surface area contributed by atoms with Crippen molar-refractivity contribution in [1.82, 2.24) is 4.98 Å². The van der Waals surface area contributed by atoms with E-state index in [-0.39, 0.29) is 41.6 Å². The van der Waals surface area contributed by atoms with Gasteiger partial charge in [0.05, 0.1) is 39.2 Å². The quantitative estimate of drug-likeness (QED) is 0.156. The van der Waals surface area contributed by atoms with Gasteiger partial charge in [-0.1, -0.05) is 29.8 Å². The molecule has 4 atom stereocenters. The molecule has 2 aromatic carbocycles. The summed E-state index contributed by atoms with van der Waals surface area (Å²) in [6.07, 6.45) is 3.05. The number of carbonyl (C=O) groups excluding carboxylic acids is 4. The maximum atomic E-state index is 13.2. The number of ketones is 1. The largest absolute Gasteiger partial charge is 0.454 e. The fourth-order valence-corrected chi connectivity index (χ4v) is 7.50. The molecule has 7 rings (SSSR count). The van der Waals surface area contributed by atoms with Gasteiger partial charge in [0.1, 0.15) is 0 Å². The van der Waals surface area contributed by atoms with Gasteiger partial charge >= 0.3 is 5.97 Å². The van der Waals surface area contributed by atoms with E-state index >= 15 is 0 Å². The van der Waals surface area contributed by atoms with E-state index in [9.17, 15) is 19.2 Å². The lowest BCUT2D eigenvalue weighted by Crippen LogP contribution is -2.32. The number of nitrogens with zero attached hydrogens (tertiary/aromatic N) is 2. The van der Waals surface area contributed by atoms with E-state index in [0.29, 0.717) is 49.6 Å². The first-order chi connectivity index (χ1) is 19.4. The normalized spacial score (nSPS) is 23.2. The van der Waals surface area contributed by atoms with Gasteiger partial charge in [0.2, 0.25) is 17.6 Å². The van der Waals surface area contributed by atoms with Crippen molar-refractivity contribution in [3.8, 4) is 11.3 Å². The molecule has 0 N–H and O–H groups in total. The van der Waals surface area contributed by atoms with E-state index in [1.165, 1.54) is 16.2 Å². The highest BCUT2D eigenvalue weighted by Gasteiger charge is 2.61. The molecule has 1 saturated heterocycles. The maximum absolute atomic E-state index is 13.2. The second kappa shape index (κ2) is 9.64. The first-order valence-electron chi connectivity index (χ1n) is 13.2. The molecule has 2 saturated carbocycles. The molecular weight excluding hydrogens is 548 g/mol. The summed E-state index contributed by atoms with van der Waals surface area (Å²) < 4.78 is 5.39. The molecule has 2 aromatic heterocycles. The summed E-state index contributed by atoms with van der Waals surface area (Å²) >= 11 is 7.50. The van der Waals surface area contributed by atoms with Crippen molar-refractivity contribution in [1.29, 1.82) is 0 Å². The topological polar surface area (TPSA) is 93.6 Å². The van der Waals surface area contributed by atoms with E-state index in [1.54, 1.807) is 66.0 Å². The molecule has 40 heavy (non-hydrogen) atoms. The van der Waals surface area contributed by atoms with Gasteiger partial charge in [0.25, 0.3) is 0 Å². The molecule has 3 fully saturated rings. The summed E-state index contributed by atoms with van der Waals surface area (Å²) in [6.45, 7) is -0.380. The average molecular weight is 571 g/mol. The summed E-state index contributed by atoms with van der Waals surface area (Å²) in [5, 5.41) is 2.74. The van der Waals surface area contributed by atoms with Crippen LogP contribution in [-0.2, 0) is 14.3 Å². The molecule has 9 heteroatoms. The van der Waals surface area contributed by atoms with Crippen LogP contribution in [0.3, 0.4) is 0 Å². The second-order valence-electron chi connectivity index (χ2n) is 10.6. The number of rotatable bonds is 6. The molecule has 4 unspecified atom stereocenters. The number of esters is 1. The SMILES string of the molecule is O=C(COC(=O)c1cc(-c2ccc(N3C(=O)C4C5CCC(C5)C4C3=O)cc2)nc2ccc(Cl)cc12)c1cccs1. The predicted molar refractivity (Wildman–Crippen MR) is 151 cm³/mol. The lowest BCUT2D eigenvalue weighted by Gasteiger charge is -2.19. The van der Waals surface area contributed by atoms with Gasteiger partial charge in [0.15, 0.2) is 6.61 Å². The van der Waals surface area contributed by atoms with Crippen molar-refractivity contribution in [2.45, 2.75) is 19.3 Å². The van der Waals surface area contributed by atoms with Crippen molar-refractivity contribution in [2.24, 2.45) is 23.7 Å². The van der Waals surface area contributed by atoms with Gasteiger partial charge in [-0.25, -0.2) is 9.78 Å². The Kier molecular flexibility index (Phi) is 6.05. The fourth-order valence-electron chi connectivity index (χ4n) is 6.68. The Bertz CT molecular complexity index is 1670. The molecule has 0 spiro atoms. The van der Waals surface area contributed by atoms with E-state index in [4.69, 9.17) is 21.3 Å². The number of Topliss-reactive ketones (excluding diaryl/α,β-unsaturated/α-hetero) is 1.